The van der Waals surface area contributed by atoms with Crippen molar-refractivity contribution in [1.82, 2.24) is 0 Å². The summed E-state index contributed by atoms with van der Waals surface area (Å²) in [4.78, 5) is 0. The number of halogens is 1. The number of rotatable bonds is 3. The molecule has 2 rings (SSSR count). The van der Waals surface area contributed by atoms with Gasteiger partial charge in [0.2, 0.25) is 9.05 Å². The van der Waals surface area contributed by atoms with Gasteiger partial charge >= 0.3 is 0 Å². The van der Waals surface area contributed by atoms with E-state index in [1.807, 2.05) is 12.1 Å². The minimum Gasteiger partial charge on any atom is -0.212 e. The summed E-state index contributed by atoms with van der Waals surface area (Å²) in [5.41, 5.74) is 2.50. The molecule has 0 saturated heterocycles. The molecule has 0 atom stereocenters. The molecule has 2 nitrogen and oxygen atoms in total. The molecule has 1 aromatic rings. The van der Waals surface area contributed by atoms with Crippen LogP contribution in [0.2, 0.25) is 0 Å². The summed E-state index contributed by atoms with van der Waals surface area (Å²) < 4.78 is 22.2. The van der Waals surface area contributed by atoms with Crippen LogP contribution in [0.5, 0.6) is 0 Å². The topological polar surface area (TPSA) is 34.1 Å². The average molecular weight is 329 g/mol. The zero-order chi connectivity index (χ0) is 15.7. The van der Waals surface area contributed by atoms with E-state index in [-0.39, 0.29) is 5.75 Å². The quantitative estimate of drug-likeness (QED) is 0.725. The third-order valence-corrected chi connectivity index (χ3v) is 5.75. The van der Waals surface area contributed by atoms with Crippen molar-refractivity contribution in [2.24, 2.45) is 11.3 Å². The van der Waals surface area contributed by atoms with Crippen LogP contribution in [-0.2, 0) is 14.8 Å². The minimum absolute atomic E-state index is 0.0917. The van der Waals surface area contributed by atoms with Crippen molar-refractivity contribution in [3.63, 3.8) is 0 Å². The van der Waals surface area contributed by atoms with E-state index >= 15 is 0 Å². The van der Waals surface area contributed by atoms with Crippen LogP contribution in [0.25, 0.3) is 0 Å². The number of hydrogen-bond donors (Lipinski definition) is 0. The van der Waals surface area contributed by atoms with Gasteiger partial charge in [0.05, 0.1) is 5.75 Å². The molecule has 1 aliphatic rings. The van der Waals surface area contributed by atoms with Gasteiger partial charge in [-0.1, -0.05) is 45.0 Å². The van der Waals surface area contributed by atoms with Crippen LogP contribution >= 0.6 is 10.7 Å². The Morgan fingerprint density at radius 2 is 1.57 bits per heavy atom. The van der Waals surface area contributed by atoms with Crippen molar-refractivity contribution in [1.29, 1.82) is 0 Å². The molecule has 0 heterocycles. The van der Waals surface area contributed by atoms with Crippen LogP contribution in [0, 0.1) is 11.3 Å². The molecule has 0 N–H and O–H groups in total. The van der Waals surface area contributed by atoms with Gasteiger partial charge in [-0.25, -0.2) is 8.42 Å². The molecule has 4 heteroatoms. The first-order valence-electron chi connectivity index (χ1n) is 7.66. The monoisotopic (exact) mass is 328 g/mol. The average Bonchev–Trinajstić information content (AvgIpc) is 2.37. The zero-order valence-corrected chi connectivity index (χ0v) is 14.7. The van der Waals surface area contributed by atoms with Crippen molar-refractivity contribution in [3.05, 3.63) is 35.4 Å². The normalized spacial score (nSPS) is 24.0. The van der Waals surface area contributed by atoms with E-state index in [1.54, 1.807) is 0 Å². The Balaban J connectivity index is 1.98. The molecule has 0 spiro atoms. The molecule has 1 fully saturated rings. The predicted octanol–water partition coefficient (Wildman–Crippen LogP) is 5.08. The highest BCUT2D eigenvalue weighted by Gasteiger charge is 2.30. The first kappa shape index (κ1) is 16.8. The van der Waals surface area contributed by atoms with E-state index < -0.39 is 9.05 Å². The lowest BCUT2D eigenvalue weighted by molar-refractivity contribution is 0.169. The van der Waals surface area contributed by atoms with Gasteiger partial charge in [-0.2, -0.15) is 0 Å². The molecule has 1 aromatic carbocycles. The van der Waals surface area contributed by atoms with E-state index in [9.17, 15) is 8.42 Å². The summed E-state index contributed by atoms with van der Waals surface area (Å²) in [7, 11) is 1.82. The Bertz CT molecular complexity index is 562. The highest BCUT2D eigenvalue weighted by Crippen LogP contribution is 2.43. The van der Waals surface area contributed by atoms with Gasteiger partial charge < -0.3 is 0 Å². The molecule has 0 radical (unpaired) electrons. The Morgan fingerprint density at radius 3 is 2.00 bits per heavy atom. The van der Waals surface area contributed by atoms with E-state index in [1.165, 1.54) is 31.2 Å². The van der Waals surface area contributed by atoms with Crippen LogP contribution in [0.15, 0.2) is 24.3 Å². The van der Waals surface area contributed by atoms with Gasteiger partial charge in [-0.3, -0.25) is 0 Å². The van der Waals surface area contributed by atoms with E-state index in [2.05, 4.69) is 32.9 Å². The molecule has 118 valence electrons. The lowest BCUT2D eigenvalue weighted by atomic mass is 9.69. The highest BCUT2D eigenvalue weighted by atomic mass is 35.7. The van der Waals surface area contributed by atoms with Crippen LogP contribution < -0.4 is 0 Å². The minimum atomic E-state index is -3.47. The van der Waals surface area contributed by atoms with Gasteiger partial charge in [0.1, 0.15) is 0 Å². The van der Waals surface area contributed by atoms with Crippen molar-refractivity contribution < 1.29 is 8.42 Å². The third kappa shape index (κ3) is 5.00. The summed E-state index contributed by atoms with van der Waals surface area (Å²) >= 11 is 0. The standard InChI is InChI=1S/C17H25ClO2S/c1-17(2,3)16-10-8-15(9-11-16)14-6-4-13(5-7-14)12-21(18,19)20/h4-7,15-16H,8-12H2,1-3H3. The van der Waals surface area contributed by atoms with Gasteiger partial charge in [0.25, 0.3) is 0 Å². The molecular formula is C17H25ClO2S. The Labute approximate surface area is 133 Å². The van der Waals surface area contributed by atoms with Gasteiger partial charge in [-0.05, 0) is 54.1 Å². The Hall–Kier alpha value is -0.540. The van der Waals surface area contributed by atoms with Crippen LogP contribution in [0.1, 0.15) is 63.5 Å². The van der Waals surface area contributed by atoms with Gasteiger partial charge in [0.15, 0.2) is 0 Å². The lowest BCUT2D eigenvalue weighted by Crippen LogP contribution is -2.25. The summed E-state index contributed by atoms with van der Waals surface area (Å²) in [5.74, 6) is 1.34. The lowest BCUT2D eigenvalue weighted by Gasteiger charge is -2.37. The van der Waals surface area contributed by atoms with Crippen molar-refractivity contribution in [2.45, 2.75) is 58.1 Å². The molecule has 21 heavy (non-hydrogen) atoms. The fourth-order valence-corrected chi connectivity index (χ4v) is 4.35. The largest absolute Gasteiger partial charge is 0.236 e. The number of hydrogen-bond acceptors (Lipinski definition) is 2. The molecule has 0 amide bonds. The van der Waals surface area contributed by atoms with E-state index in [0.29, 0.717) is 11.3 Å². The zero-order valence-electron chi connectivity index (χ0n) is 13.1. The molecular weight excluding hydrogens is 304 g/mol. The predicted molar refractivity (Wildman–Crippen MR) is 89.1 cm³/mol. The smallest absolute Gasteiger partial charge is 0.212 e. The summed E-state index contributed by atoms with van der Waals surface area (Å²) in [6.45, 7) is 7.00. The first-order chi connectivity index (χ1) is 9.65. The molecule has 1 saturated carbocycles. The number of benzene rings is 1. The second-order valence-corrected chi connectivity index (χ2v) is 10.1. The van der Waals surface area contributed by atoms with Gasteiger partial charge in [-0.15, -0.1) is 0 Å². The van der Waals surface area contributed by atoms with Crippen LogP contribution in [0.3, 0.4) is 0 Å². The second-order valence-electron chi connectivity index (χ2n) is 7.34. The van der Waals surface area contributed by atoms with Crippen molar-refractivity contribution >= 4 is 19.7 Å². The van der Waals surface area contributed by atoms with Gasteiger partial charge in [0, 0.05) is 10.7 Å². The fraction of sp³-hybridized carbons (Fsp3) is 0.647. The maximum atomic E-state index is 11.1. The Morgan fingerprint density at radius 1 is 1.05 bits per heavy atom. The maximum Gasteiger partial charge on any atom is 0.236 e. The maximum absolute atomic E-state index is 11.1. The third-order valence-electron chi connectivity index (χ3n) is 4.74. The van der Waals surface area contributed by atoms with Crippen molar-refractivity contribution in [2.75, 3.05) is 0 Å². The van der Waals surface area contributed by atoms with Crippen LogP contribution in [-0.4, -0.2) is 8.42 Å². The second kappa shape index (κ2) is 6.29. The molecule has 0 aliphatic heterocycles. The molecule has 0 aromatic heterocycles. The van der Waals surface area contributed by atoms with E-state index in [0.717, 1.165) is 11.5 Å². The summed E-state index contributed by atoms with van der Waals surface area (Å²) in [6, 6.07) is 7.93. The SMILES string of the molecule is CC(C)(C)C1CCC(c2ccc(CS(=O)(=O)Cl)cc2)CC1. The van der Waals surface area contributed by atoms with Crippen LogP contribution in [0.4, 0.5) is 0 Å². The molecule has 1 aliphatic carbocycles. The summed E-state index contributed by atoms with van der Waals surface area (Å²) in [6.07, 6.45) is 5.03. The summed E-state index contributed by atoms with van der Waals surface area (Å²) in [5, 5.41) is 0. The molecule has 0 bridgehead atoms. The van der Waals surface area contributed by atoms with Crippen molar-refractivity contribution in [3.8, 4) is 0 Å². The first-order valence-corrected chi connectivity index (χ1v) is 10.1. The fourth-order valence-electron chi connectivity index (χ4n) is 3.38. The highest BCUT2D eigenvalue weighted by molar-refractivity contribution is 8.13. The van der Waals surface area contributed by atoms with E-state index in [4.69, 9.17) is 10.7 Å². The Kier molecular flexibility index (Phi) is 5.04. The molecule has 0 unspecified atom stereocenters.